The Hall–Kier alpha value is -1.64. The molecule has 0 unspecified atom stereocenters. The average Bonchev–Trinajstić information content (AvgIpc) is 2.45. The van der Waals surface area contributed by atoms with Crippen LogP contribution in [-0.4, -0.2) is 11.7 Å². The van der Waals surface area contributed by atoms with E-state index in [0.29, 0.717) is 0 Å². The van der Waals surface area contributed by atoms with Gasteiger partial charge < -0.3 is 10.4 Å². The molecule has 0 saturated heterocycles. The summed E-state index contributed by atoms with van der Waals surface area (Å²) in [6.07, 6.45) is 0.353. The van der Waals surface area contributed by atoms with Crippen molar-refractivity contribution >= 4 is 0 Å². The van der Waals surface area contributed by atoms with Crippen LogP contribution in [0.15, 0.2) is 60.7 Å². The molecule has 2 heteroatoms. The Labute approximate surface area is 108 Å². The third-order valence-electron chi connectivity index (χ3n) is 2.95. The smallest absolute Gasteiger partial charge is 0.0802 e. The zero-order chi connectivity index (χ0) is 12.6. The van der Waals surface area contributed by atoms with Gasteiger partial charge in [0.1, 0.15) is 0 Å². The molecule has 2 aromatic rings. The monoisotopic (exact) mass is 241 g/mol. The fourth-order valence-electron chi connectivity index (χ4n) is 1.91. The predicted octanol–water partition coefficient (Wildman–Crippen LogP) is 2.90. The van der Waals surface area contributed by atoms with Crippen LogP contribution >= 0.6 is 0 Å². The second-order valence-electron chi connectivity index (χ2n) is 4.38. The molecule has 94 valence electrons. The van der Waals surface area contributed by atoms with Crippen molar-refractivity contribution in [1.82, 2.24) is 5.32 Å². The molecule has 2 nitrogen and oxygen atoms in total. The summed E-state index contributed by atoms with van der Waals surface area (Å²) in [5.74, 6) is 0. The Morgan fingerprint density at radius 2 is 1.50 bits per heavy atom. The van der Waals surface area contributed by atoms with Crippen molar-refractivity contribution in [2.45, 2.75) is 19.1 Å². The molecule has 0 aliphatic rings. The number of benzene rings is 2. The van der Waals surface area contributed by atoms with E-state index in [2.05, 4.69) is 17.4 Å². The molecule has 2 N–H and O–H groups in total. The number of aliphatic hydroxyl groups is 1. The minimum Gasteiger partial charge on any atom is -0.388 e. The summed E-state index contributed by atoms with van der Waals surface area (Å²) in [5, 5.41) is 13.3. The van der Waals surface area contributed by atoms with Gasteiger partial charge in [0.15, 0.2) is 0 Å². The van der Waals surface area contributed by atoms with Gasteiger partial charge in [-0.15, -0.1) is 0 Å². The second kappa shape index (κ2) is 6.94. The molecule has 2 aromatic carbocycles. The molecule has 0 spiro atoms. The van der Waals surface area contributed by atoms with Gasteiger partial charge in [-0.05, 0) is 24.1 Å². The van der Waals surface area contributed by atoms with Crippen LogP contribution in [0.3, 0.4) is 0 Å². The Morgan fingerprint density at radius 1 is 0.889 bits per heavy atom. The largest absolute Gasteiger partial charge is 0.388 e. The van der Waals surface area contributed by atoms with Crippen molar-refractivity contribution in [3.8, 4) is 0 Å². The summed E-state index contributed by atoms with van der Waals surface area (Å²) < 4.78 is 0. The third kappa shape index (κ3) is 3.99. The Bertz CT molecular complexity index is 441. The summed E-state index contributed by atoms with van der Waals surface area (Å²) in [6.45, 7) is 1.66. The topological polar surface area (TPSA) is 32.3 Å². The van der Waals surface area contributed by atoms with Crippen molar-refractivity contribution in [3.63, 3.8) is 0 Å². The normalized spacial score (nSPS) is 12.3. The van der Waals surface area contributed by atoms with Crippen LogP contribution in [0.5, 0.6) is 0 Å². The molecular weight excluding hydrogens is 222 g/mol. The van der Waals surface area contributed by atoms with E-state index in [-0.39, 0.29) is 6.10 Å². The first-order valence-corrected chi connectivity index (χ1v) is 6.34. The van der Waals surface area contributed by atoms with E-state index in [1.807, 2.05) is 48.5 Å². The first kappa shape index (κ1) is 12.8. The molecular formula is C16H19NO. The Kier molecular flexibility index (Phi) is 4.94. The number of nitrogens with one attached hydrogen (secondary N) is 1. The van der Waals surface area contributed by atoms with Crippen molar-refractivity contribution in [1.29, 1.82) is 0 Å². The standard InChI is InChI=1S/C16H19NO/c18-16(15-9-5-2-6-10-15)11-12-17-13-14-7-3-1-4-8-14/h1-10,16-18H,11-13H2/t16-/m1/s1. The van der Waals surface area contributed by atoms with Gasteiger partial charge in [-0.25, -0.2) is 0 Å². The van der Waals surface area contributed by atoms with E-state index in [0.717, 1.165) is 25.1 Å². The van der Waals surface area contributed by atoms with Crippen molar-refractivity contribution in [2.24, 2.45) is 0 Å². The molecule has 0 heterocycles. The van der Waals surface area contributed by atoms with Gasteiger partial charge in [0.05, 0.1) is 6.10 Å². The number of rotatable bonds is 6. The number of hydrogen-bond acceptors (Lipinski definition) is 2. The Balaban J connectivity index is 1.70. The molecule has 0 aliphatic heterocycles. The Morgan fingerprint density at radius 3 is 2.17 bits per heavy atom. The predicted molar refractivity (Wildman–Crippen MR) is 74.2 cm³/mol. The first-order valence-electron chi connectivity index (χ1n) is 6.34. The van der Waals surface area contributed by atoms with Crippen LogP contribution in [0, 0.1) is 0 Å². The van der Waals surface area contributed by atoms with Crippen LogP contribution in [0.2, 0.25) is 0 Å². The zero-order valence-corrected chi connectivity index (χ0v) is 10.4. The highest BCUT2D eigenvalue weighted by atomic mass is 16.3. The molecule has 0 aliphatic carbocycles. The fraction of sp³-hybridized carbons (Fsp3) is 0.250. The number of hydrogen-bond donors (Lipinski definition) is 2. The van der Waals surface area contributed by atoms with Crippen LogP contribution in [0.1, 0.15) is 23.7 Å². The van der Waals surface area contributed by atoms with Crippen molar-refractivity contribution < 1.29 is 5.11 Å². The summed E-state index contributed by atoms with van der Waals surface area (Å²) >= 11 is 0. The van der Waals surface area contributed by atoms with Gasteiger partial charge in [-0.2, -0.15) is 0 Å². The van der Waals surface area contributed by atoms with E-state index >= 15 is 0 Å². The van der Waals surface area contributed by atoms with Crippen molar-refractivity contribution in [2.75, 3.05) is 6.54 Å². The number of aliphatic hydroxyl groups excluding tert-OH is 1. The third-order valence-corrected chi connectivity index (χ3v) is 2.95. The van der Waals surface area contributed by atoms with E-state index < -0.39 is 0 Å². The lowest BCUT2D eigenvalue weighted by Crippen LogP contribution is -2.17. The summed E-state index contributed by atoms with van der Waals surface area (Å²) in [6, 6.07) is 20.1. The van der Waals surface area contributed by atoms with E-state index in [4.69, 9.17) is 0 Å². The highest BCUT2D eigenvalue weighted by molar-refractivity contribution is 5.17. The minimum atomic E-state index is -0.380. The summed E-state index contributed by atoms with van der Waals surface area (Å²) in [5.41, 5.74) is 2.26. The van der Waals surface area contributed by atoms with Gasteiger partial charge in [-0.1, -0.05) is 60.7 Å². The fourth-order valence-corrected chi connectivity index (χ4v) is 1.91. The minimum absolute atomic E-state index is 0.380. The lowest BCUT2D eigenvalue weighted by molar-refractivity contribution is 0.167. The highest BCUT2D eigenvalue weighted by Crippen LogP contribution is 2.14. The second-order valence-corrected chi connectivity index (χ2v) is 4.38. The molecule has 0 saturated carbocycles. The molecule has 0 fully saturated rings. The van der Waals surface area contributed by atoms with E-state index in [9.17, 15) is 5.11 Å². The van der Waals surface area contributed by atoms with Gasteiger partial charge in [-0.3, -0.25) is 0 Å². The van der Waals surface area contributed by atoms with Gasteiger partial charge in [0, 0.05) is 6.54 Å². The van der Waals surface area contributed by atoms with Gasteiger partial charge in [0.25, 0.3) is 0 Å². The van der Waals surface area contributed by atoms with Crippen LogP contribution in [-0.2, 0) is 6.54 Å². The quantitative estimate of drug-likeness (QED) is 0.762. The van der Waals surface area contributed by atoms with Gasteiger partial charge >= 0.3 is 0 Å². The maximum atomic E-state index is 9.98. The maximum absolute atomic E-state index is 9.98. The van der Waals surface area contributed by atoms with Crippen LogP contribution in [0.4, 0.5) is 0 Å². The van der Waals surface area contributed by atoms with Crippen molar-refractivity contribution in [3.05, 3.63) is 71.8 Å². The molecule has 0 bridgehead atoms. The van der Waals surface area contributed by atoms with Crippen LogP contribution < -0.4 is 5.32 Å². The highest BCUT2D eigenvalue weighted by Gasteiger charge is 2.05. The SMILES string of the molecule is O[C@H](CCNCc1ccccc1)c1ccccc1. The van der Waals surface area contributed by atoms with E-state index in [1.54, 1.807) is 0 Å². The lowest BCUT2D eigenvalue weighted by Gasteiger charge is -2.11. The first-order chi connectivity index (χ1) is 8.86. The maximum Gasteiger partial charge on any atom is 0.0802 e. The molecule has 0 amide bonds. The van der Waals surface area contributed by atoms with E-state index in [1.165, 1.54) is 5.56 Å². The molecule has 1 atom stereocenters. The summed E-state index contributed by atoms with van der Waals surface area (Å²) in [7, 11) is 0. The molecule has 0 aromatic heterocycles. The molecule has 0 radical (unpaired) electrons. The lowest BCUT2D eigenvalue weighted by atomic mass is 10.1. The molecule has 18 heavy (non-hydrogen) atoms. The van der Waals surface area contributed by atoms with Crippen LogP contribution in [0.25, 0.3) is 0 Å². The molecule has 2 rings (SSSR count). The summed E-state index contributed by atoms with van der Waals surface area (Å²) in [4.78, 5) is 0. The van der Waals surface area contributed by atoms with Gasteiger partial charge in [0.2, 0.25) is 0 Å². The zero-order valence-electron chi connectivity index (χ0n) is 10.4. The average molecular weight is 241 g/mol.